The number of carboxylic acid groups (broad SMARTS) is 1. The molecule has 15 rings (SSSR count). The maximum absolute atomic E-state index is 14.2. The van der Waals surface area contributed by atoms with Gasteiger partial charge in [0.15, 0.2) is 0 Å². The van der Waals surface area contributed by atoms with E-state index in [9.17, 15) is 48.2 Å². The van der Waals surface area contributed by atoms with Crippen LogP contribution in [-0.4, -0.2) is 213 Å². The van der Waals surface area contributed by atoms with Gasteiger partial charge in [-0.1, -0.05) is 56.2 Å². The number of hydrogen-bond donors (Lipinski definition) is 12. The lowest BCUT2D eigenvalue weighted by Gasteiger charge is -2.40. The number of nitrogens with two attached hydrogens (primary N) is 1. The van der Waals surface area contributed by atoms with E-state index in [1.807, 2.05) is 23.1 Å². The lowest BCUT2D eigenvalue weighted by molar-refractivity contribution is -0.384. The van der Waals surface area contributed by atoms with Crippen molar-refractivity contribution in [2.75, 3.05) is 165 Å². The molecule has 1 amide bonds. The third-order valence-electron chi connectivity index (χ3n) is 22.1. The van der Waals surface area contributed by atoms with Crippen molar-refractivity contribution in [1.82, 2.24) is 44.6 Å². The molecule has 6 saturated heterocycles. The SMILES string of the molecule is C.C.C=CC(=O)Nc1cc(Nc2nccc(Nc3cc(Cl)c(F)cc3C(C)(C)O)n2)c(OC)cc1N1C[C@H]2CN(C)[C@H]2C1.COc1cc(N2C[C@H]3CN(C)[C@H]3C2)c(N)cc1Nc1nccc(Nc2cc(Cl)c(F)cc2C(C)(C)O)n1.COc1cc(N2C[C@H]3CN(C)[C@H]3C2)c([N+](=O)[O-])cc1Nc1nccc(Nc2cc(Cl)c(F)cc2C(C)(C)O)n1.O=C(Cl)CCCl.O=CO. The summed E-state index contributed by atoms with van der Waals surface area (Å²) in [7, 11) is 11.0. The number of likely N-dealkylation sites (N-methyl/N-ethyl adjacent to an activating group) is 3. The molecule has 9 heterocycles. The number of hydrogen-bond acceptors (Lipinski definition) is 30. The van der Waals surface area contributed by atoms with Crippen LogP contribution < -0.4 is 71.9 Å². The van der Waals surface area contributed by atoms with Gasteiger partial charge in [-0.2, -0.15) is 15.0 Å². The van der Waals surface area contributed by atoms with E-state index in [1.54, 1.807) is 84.6 Å². The van der Waals surface area contributed by atoms with Gasteiger partial charge in [0.2, 0.25) is 29.0 Å². The Morgan fingerprint density at radius 2 is 0.859 bits per heavy atom. The molecule has 688 valence electrons. The van der Waals surface area contributed by atoms with Crippen LogP contribution in [0, 0.1) is 45.3 Å². The number of anilines is 17. The molecule has 128 heavy (non-hydrogen) atoms. The number of nitrogens with zero attached hydrogens (tertiary/aromatic N) is 13. The fourth-order valence-electron chi connectivity index (χ4n) is 15.8. The summed E-state index contributed by atoms with van der Waals surface area (Å²) < 4.78 is 59.3. The Kier molecular flexibility index (Phi) is 33.6. The van der Waals surface area contributed by atoms with E-state index in [-0.39, 0.29) is 77.1 Å². The van der Waals surface area contributed by atoms with Crippen LogP contribution in [0.1, 0.15) is 79.5 Å². The number of amides is 1. The van der Waals surface area contributed by atoms with Gasteiger partial charge in [0.1, 0.15) is 57.8 Å². The number of likely N-dealkylation sites (tertiary alicyclic amines) is 3. The number of alkyl halides is 1. The number of nitro benzene ring substituents is 1. The van der Waals surface area contributed by atoms with E-state index in [0.717, 1.165) is 70.3 Å². The molecule has 6 fully saturated rings. The molecule has 9 aromatic rings. The second-order valence-electron chi connectivity index (χ2n) is 32.2. The normalized spacial score (nSPS) is 17.7. The Hall–Kier alpha value is -11.3. The van der Waals surface area contributed by atoms with Gasteiger partial charge in [-0.25, -0.2) is 28.1 Å². The topological polar surface area (TPSA) is 410 Å². The number of carbonyl (C=O) groups excluding carboxylic acids is 2. The molecule has 0 aliphatic carbocycles. The van der Waals surface area contributed by atoms with Gasteiger partial charge in [0.25, 0.3) is 12.2 Å². The van der Waals surface area contributed by atoms with E-state index in [1.165, 1.54) is 75.7 Å². The quantitative estimate of drug-likeness (QED) is 0.00456. The van der Waals surface area contributed by atoms with Crippen LogP contribution in [0.5, 0.6) is 17.2 Å². The molecule has 0 radical (unpaired) electrons. The molecule has 6 aromatic carbocycles. The molecule has 6 aliphatic heterocycles. The average Bonchev–Trinajstić information content (AvgIpc) is 1.36. The van der Waals surface area contributed by atoms with Crippen LogP contribution in [0.2, 0.25) is 15.1 Å². The number of nitro groups is 1. The fourth-order valence-corrected chi connectivity index (χ4v) is 16.7. The molecule has 41 heteroatoms. The zero-order valence-electron chi connectivity index (χ0n) is 71.0. The molecule has 3 aromatic heterocycles. The first kappa shape index (κ1) is 100. The van der Waals surface area contributed by atoms with Crippen molar-refractivity contribution in [3.05, 3.63) is 182 Å². The smallest absolute Gasteiger partial charge is 0.294 e. The largest absolute Gasteiger partial charge is 0.494 e. The Labute approximate surface area is 765 Å². The molecule has 6 aliphatic rings. The number of nitrogen functional groups attached to an aromatic ring is 1. The van der Waals surface area contributed by atoms with E-state index >= 15 is 0 Å². The lowest BCUT2D eigenvalue weighted by atomic mass is 9.93. The van der Waals surface area contributed by atoms with Crippen LogP contribution in [0.25, 0.3) is 0 Å². The summed E-state index contributed by atoms with van der Waals surface area (Å²) in [6.07, 6.45) is 6.10. The lowest BCUT2D eigenvalue weighted by Crippen LogP contribution is -2.52. The second-order valence-corrected chi connectivity index (χ2v) is 34.3. The number of ether oxygens (including phenoxy) is 3. The van der Waals surface area contributed by atoms with Gasteiger partial charge in [0, 0.05) is 184 Å². The minimum atomic E-state index is -1.36. The van der Waals surface area contributed by atoms with Crippen molar-refractivity contribution in [2.24, 2.45) is 17.8 Å². The Balaban J connectivity index is 0.000000205. The van der Waals surface area contributed by atoms with Crippen molar-refractivity contribution in [3.63, 3.8) is 0 Å². The minimum Gasteiger partial charge on any atom is -0.494 e. The molecular formula is C87H107Cl5F3N21O12. The van der Waals surface area contributed by atoms with Gasteiger partial charge >= 0.3 is 0 Å². The molecule has 0 saturated carbocycles. The molecule has 13 N–H and O–H groups in total. The number of carbonyl (C=O) groups is 3. The first-order chi connectivity index (χ1) is 59.6. The highest BCUT2D eigenvalue weighted by molar-refractivity contribution is 6.63. The number of methoxy groups -OCH3 is 3. The highest BCUT2D eigenvalue weighted by Crippen LogP contribution is 2.48. The number of fused-ring (bicyclic) bond motifs is 3. The number of benzene rings is 6. The number of aliphatic hydroxyl groups is 3. The molecular weight excluding hydrogens is 1770 g/mol. The number of rotatable bonds is 26. The summed E-state index contributed by atoms with van der Waals surface area (Å²) in [6, 6.07) is 24.6. The zero-order valence-corrected chi connectivity index (χ0v) is 74.7. The summed E-state index contributed by atoms with van der Waals surface area (Å²) >= 11 is 28.0. The van der Waals surface area contributed by atoms with Crippen LogP contribution in [0.3, 0.4) is 0 Å². The molecule has 33 nitrogen and oxygen atoms in total. The van der Waals surface area contributed by atoms with Crippen molar-refractivity contribution < 1.29 is 67.1 Å². The third kappa shape index (κ3) is 24.2. The molecule has 0 spiro atoms. The molecule has 6 atom stereocenters. The summed E-state index contributed by atoms with van der Waals surface area (Å²) in [5.41, 5.74) is 9.59. The summed E-state index contributed by atoms with van der Waals surface area (Å²) in [6.45, 7) is 20.9. The monoisotopic (exact) mass is 1870 g/mol. The van der Waals surface area contributed by atoms with Gasteiger partial charge in [-0.3, -0.25) is 24.5 Å². The maximum atomic E-state index is 14.2. The number of halogens is 8. The third-order valence-corrected chi connectivity index (χ3v) is 23.3. The fraction of sp³-hybridized carbons (Fsp3) is 0.391. The van der Waals surface area contributed by atoms with Gasteiger partial charge in [0.05, 0.1) is 97.9 Å². The van der Waals surface area contributed by atoms with E-state index in [0.29, 0.717) is 145 Å². The van der Waals surface area contributed by atoms with E-state index < -0.39 is 39.2 Å². The highest BCUT2D eigenvalue weighted by atomic mass is 35.5. The van der Waals surface area contributed by atoms with Crippen LogP contribution in [0.4, 0.5) is 117 Å². The Morgan fingerprint density at radius 3 is 1.16 bits per heavy atom. The van der Waals surface area contributed by atoms with Crippen LogP contribution >= 0.6 is 58.0 Å². The summed E-state index contributed by atoms with van der Waals surface area (Å²) in [5, 5.41) is 71.4. The second kappa shape index (κ2) is 42.8. The van der Waals surface area contributed by atoms with Gasteiger partial charge in [-0.05, 0) is 147 Å². The number of nitrogens with one attached hydrogen (secondary N) is 7. The van der Waals surface area contributed by atoms with E-state index in [2.05, 4.69) is 119 Å². The maximum Gasteiger partial charge on any atom is 0.294 e. The predicted molar refractivity (Wildman–Crippen MR) is 499 cm³/mol. The number of aromatic nitrogens is 6. The first-order valence-electron chi connectivity index (χ1n) is 39.6. The van der Waals surface area contributed by atoms with Crippen molar-refractivity contribution in [1.29, 1.82) is 0 Å². The van der Waals surface area contributed by atoms with Crippen LogP contribution in [0.15, 0.2) is 122 Å². The standard InChI is InChI=1S/C29H33ClFN7O3.C26H29ClFN7O4.C26H31ClFN7O2.C3H4Cl2O.CH2O2.2CH4/c1-6-27(39)34-21-11-22(25(41-5)12-23(21)38-14-16-13-37(4)24(16)15-38)35-28-32-8-7-26(36-28)33-20-10-18(30)19(31)9-17(20)29(2,3)40;1-26(2,36)15-7-17(28)16(27)8-18(15)30-24-5-6-29-25(32-24)31-19-9-21(35(37)38)20(10-23(19)39-4)34-12-14-11-33(3)22(14)13-34;1-26(2,36)15-7-17(28)16(27)8-19(15)31-24-5-6-30-25(33-24)32-20-9-18(29)21(10-23(20)37-4)35-12-14-11-34(3)22(14)13-35;4-2-1-3(5)6;2-1-3;;/h6-12,16,24,40H,1,13-15H2,2-5H3,(H,34,39)(H2,32,33,35,36);5-10,14,22,36H,11-13H2,1-4H3,(H2,29,30,31,32);5-10,14,22,36H,11-13,29H2,1-4H3,(H2,30,31,32,33);1-2H2;1H,(H,2,3);2*1H4/t16-,24+;2*14-,22+;;;;/m111..../s1. The predicted octanol–water partition coefficient (Wildman–Crippen LogP) is 16.2. The van der Waals surface area contributed by atoms with Crippen molar-refractivity contribution in [2.45, 2.75) is 97.7 Å². The van der Waals surface area contributed by atoms with Crippen molar-refractivity contribution in [3.8, 4) is 17.2 Å². The van der Waals surface area contributed by atoms with Gasteiger partial charge in [-0.15, -0.1) is 11.6 Å². The van der Waals surface area contributed by atoms with E-state index in [4.69, 9.17) is 87.9 Å². The molecule has 0 bridgehead atoms. The minimum absolute atomic E-state index is 0. The average molecular weight is 1870 g/mol. The van der Waals surface area contributed by atoms with Gasteiger partial charge < -0.3 is 107 Å². The first-order valence-corrected chi connectivity index (χ1v) is 41.6. The molecule has 0 unspecified atom stereocenters. The Bertz CT molecular complexity index is 5510. The highest BCUT2D eigenvalue weighted by Gasteiger charge is 2.47. The van der Waals surface area contributed by atoms with Crippen LogP contribution in [-0.2, 0) is 31.2 Å². The zero-order chi connectivity index (χ0) is 91.7. The summed E-state index contributed by atoms with van der Waals surface area (Å²) in [4.78, 5) is 82.0. The summed E-state index contributed by atoms with van der Waals surface area (Å²) in [5.74, 6) is 3.20. The Morgan fingerprint density at radius 1 is 0.531 bits per heavy atom. The van der Waals surface area contributed by atoms with Crippen molar-refractivity contribution >= 4 is 179 Å².